The summed E-state index contributed by atoms with van der Waals surface area (Å²) in [6.45, 7) is 7.41. The largest absolute Gasteiger partial charge is 0.469 e. The summed E-state index contributed by atoms with van der Waals surface area (Å²) in [4.78, 5) is 44.7. The molecule has 5 aliphatic heterocycles. The molecule has 69 heavy (non-hydrogen) atoms. The second kappa shape index (κ2) is 15.7. The first-order chi connectivity index (χ1) is 33.2. The number of carbonyl (C=O) groups excluding carboxylic acids is 3. The molecule has 0 unspecified atom stereocenters. The van der Waals surface area contributed by atoms with E-state index in [1.807, 2.05) is 26.2 Å². The van der Waals surface area contributed by atoms with E-state index in [2.05, 4.69) is 53.7 Å². The number of hydrogen-bond donors (Lipinski definition) is 5. The van der Waals surface area contributed by atoms with Crippen LogP contribution in [0.1, 0.15) is 114 Å². The number of benzene rings is 1. The smallest absolute Gasteiger partial charge is 0.339 e. The van der Waals surface area contributed by atoms with Gasteiger partial charge in [-0.25, -0.2) is 4.79 Å². The molecule has 0 radical (unpaired) electrons. The van der Waals surface area contributed by atoms with Crippen LogP contribution in [0.3, 0.4) is 0 Å². The monoisotopic (exact) mass is 946 g/mol. The van der Waals surface area contributed by atoms with Crippen molar-refractivity contribution in [1.82, 2.24) is 10.6 Å². The Kier molecular flexibility index (Phi) is 10.3. The molecule has 5 N–H and O–H groups in total. The molecule has 4 bridgehead atoms. The number of Topliss-reactive ketones (excluding diaryl/α,β-unsaturated/α-hetero) is 1. The number of carbonyl (C=O) groups is 3. The molecule has 0 amide bonds. The van der Waals surface area contributed by atoms with Crippen LogP contribution < -0.4 is 10.6 Å². The first-order valence-electron chi connectivity index (χ1n) is 26.6. The standard InChI is InChI=1S/C56H70N2O11/c1-51(2)47-46(62)48(63)54-38-22-31(21-30-7-5-4-6-8-30)9-10-33(38)15-17-36-18-16-35-27-65-41(23-37(40(60)26-59)32-11-13-34(14-12-32)39-25-57-29-58-39)45(35)55(36)52(3,56(54)49(68-56)50(64)69-55)20-19-42(54)53(47)28-66-44(61)24-43(53)67-51/h4-8,27,31-34,36-40,42-43,47-49,57-60,63H,9-14,16,18-26,28-29H2,1-3H3/t31-,32?,33+,34?,36-,37+,38+,39-,40-,42-,43+,47-,48-,49-,52+,53+,54+,55+,56-/m1/s1. The summed E-state index contributed by atoms with van der Waals surface area (Å²) in [5.41, 5.74) is -4.18. The molecular weight excluding hydrogens is 877 g/mol. The lowest BCUT2D eigenvalue weighted by Gasteiger charge is -2.72. The highest BCUT2D eigenvalue weighted by Crippen LogP contribution is 2.85. The fraction of sp³-hybridized carbons (Fsp3) is 0.732. The van der Waals surface area contributed by atoms with E-state index in [1.54, 1.807) is 0 Å². The molecule has 4 saturated carbocycles. The summed E-state index contributed by atoms with van der Waals surface area (Å²) in [5, 5.41) is 43.2. The molecule has 13 nitrogen and oxygen atoms in total. The van der Waals surface area contributed by atoms with E-state index < -0.39 is 81.2 Å². The number of aliphatic hydroxyl groups excluding tert-OH is 3. The second-order valence-electron chi connectivity index (χ2n) is 24.4. The second-order valence-corrected chi connectivity index (χ2v) is 24.4. The van der Waals surface area contributed by atoms with Gasteiger partial charge in [-0.1, -0.05) is 49.1 Å². The van der Waals surface area contributed by atoms with Gasteiger partial charge in [-0.15, -0.1) is 0 Å². The van der Waals surface area contributed by atoms with Crippen LogP contribution in [-0.2, 0) is 58.2 Å². The first kappa shape index (κ1) is 45.3. The van der Waals surface area contributed by atoms with Crippen molar-refractivity contribution < 1.29 is 53.1 Å². The number of aliphatic hydroxyl groups is 3. The third-order valence-electron chi connectivity index (χ3n) is 21.5. The van der Waals surface area contributed by atoms with Crippen molar-refractivity contribution >= 4 is 17.7 Å². The SMILES string of the molecule is CC1(C)O[C@H]2CC(=O)OC[C@@]23[C@@H]1C(=O)[C@@H](O)[C@]12[C@@H]3CC[C@]3(C)[C@@]14O[C@@H]4C(=O)O[C@@]31c3c(coc3C[C@@H](C3CCC([C@H]4CNCN4)CC3)[C@H](O)CO)CC[C@H]1C#C[C@@H]1CC[C@H](Cc3ccccc3)C[C@@H]12. The van der Waals surface area contributed by atoms with Crippen LogP contribution in [0.5, 0.6) is 0 Å². The van der Waals surface area contributed by atoms with Gasteiger partial charge in [0.1, 0.15) is 24.1 Å². The molecule has 6 aliphatic carbocycles. The molecule has 4 spiro atoms. The number of rotatable bonds is 8. The highest BCUT2D eigenvalue weighted by atomic mass is 16.7. The number of fused-ring (bicyclic) bond motifs is 2. The lowest BCUT2D eigenvalue weighted by Crippen LogP contribution is -2.81. The lowest BCUT2D eigenvalue weighted by molar-refractivity contribution is -0.301. The van der Waals surface area contributed by atoms with Crippen LogP contribution in [0.15, 0.2) is 41.0 Å². The number of epoxide rings is 1. The number of aryl methyl sites for hydroxylation is 1. The Hall–Kier alpha value is -3.61. The maximum Gasteiger partial charge on any atom is 0.339 e. The third kappa shape index (κ3) is 5.83. The molecule has 9 fully saturated rings. The predicted octanol–water partition coefficient (Wildman–Crippen LogP) is 4.93. The van der Waals surface area contributed by atoms with E-state index in [4.69, 9.17) is 23.4 Å². The summed E-state index contributed by atoms with van der Waals surface area (Å²) < 4.78 is 34.3. The van der Waals surface area contributed by atoms with E-state index in [0.29, 0.717) is 56.2 Å². The van der Waals surface area contributed by atoms with Crippen LogP contribution in [0.2, 0.25) is 0 Å². The van der Waals surface area contributed by atoms with Crippen LogP contribution in [0, 0.1) is 81.3 Å². The minimum Gasteiger partial charge on any atom is -0.469 e. The average Bonchev–Trinajstić information content (AvgIpc) is 3.57. The van der Waals surface area contributed by atoms with Crippen molar-refractivity contribution in [3.05, 3.63) is 59.0 Å². The van der Waals surface area contributed by atoms with E-state index in [9.17, 15) is 20.1 Å². The highest BCUT2D eigenvalue weighted by Gasteiger charge is 2.95. The third-order valence-corrected chi connectivity index (χ3v) is 21.5. The molecule has 11 aliphatic rings. The Morgan fingerprint density at radius 1 is 0.957 bits per heavy atom. The van der Waals surface area contributed by atoms with Crippen LogP contribution in [0.4, 0.5) is 0 Å². The van der Waals surface area contributed by atoms with E-state index >= 15 is 9.59 Å². The van der Waals surface area contributed by atoms with Gasteiger partial charge >= 0.3 is 11.9 Å². The van der Waals surface area contributed by atoms with Crippen molar-refractivity contribution in [3.8, 4) is 11.8 Å². The molecular formula is C56H70N2O11. The summed E-state index contributed by atoms with van der Waals surface area (Å²) in [6.07, 6.45) is 7.33. The molecule has 1 aromatic carbocycles. The highest BCUT2D eigenvalue weighted by molar-refractivity contribution is 5.92. The molecule has 1 aromatic heterocycles. The fourth-order valence-electron chi connectivity index (χ4n) is 19.0. The summed E-state index contributed by atoms with van der Waals surface area (Å²) in [7, 11) is 0. The predicted molar refractivity (Wildman–Crippen MR) is 248 cm³/mol. The zero-order chi connectivity index (χ0) is 47.5. The van der Waals surface area contributed by atoms with Gasteiger partial charge in [-0.05, 0) is 138 Å². The van der Waals surface area contributed by atoms with Gasteiger partial charge in [0.2, 0.25) is 0 Å². The zero-order valence-electron chi connectivity index (χ0n) is 40.4. The van der Waals surface area contributed by atoms with Gasteiger partial charge in [-0.3, -0.25) is 9.59 Å². The summed E-state index contributed by atoms with van der Waals surface area (Å²) >= 11 is 0. The quantitative estimate of drug-likeness (QED) is 0.136. The van der Waals surface area contributed by atoms with Crippen LogP contribution in [-0.4, -0.2) is 101 Å². The number of nitrogens with one attached hydrogen (secondary N) is 2. The molecule has 6 heterocycles. The zero-order valence-corrected chi connectivity index (χ0v) is 40.4. The summed E-state index contributed by atoms with van der Waals surface area (Å²) in [6, 6.07) is 10.9. The van der Waals surface area contributed by atoms with E-state index in [0.717, 1.165) is 69.3 Å². The van der Waals surface area contributed by atoms with Gasteiger partial charge in [0, 0.05) is 53.4 Å². The number of ether oxygens (including phenoxy) is 4. The van der Waals surface area contributed by atoms with Crippen LogP contribution in [0.25, 0.3) is 0 Å². The Morgan fingerprint density at radius 2 is 1.77 bits per heavy atom. The van der Waals surface area contributed by atoms with Crippen molar-refractivity contribution in [3.63, 3.8) is 0 Å². The maximum atomic E-state index is 15.9. The summed E-state index contributed by atoms with van der Waals surface area (Å²) in [5.74, 6) is 5.50. The van der Waals surface area contributed by atoms with E-state index in [1.165, 1.54) is 5.56 Å². The first-order valence-corrected chi connectivity index (χ1v) is 26.6. The normalized spacial score (nSPS) is 47.2. The van der Waals surface area contributed by atoms with E-state index in [-0.39, 0.29) is 61.0 Å². The minimum absolute atomic E-state index is 0.00194. The molecule has 13 rings (SSSR count). The molecule has 17 atom stereocenters. The lowest BCUT2D eigenvalue weighted by atomic mass is 9.30. The molecule has 13 heteroatoms. The van der Waals surface area contributed by atoms with Crippen molar-refractivity contribution in [2.45, 2.75) is 158 Å². The van der Waals surface area contributed by atoms with Crippen molar-refractivity contribution in [2.75, 3.05) is 26.4 Å². The van der Waals surface area contributed by atoms with Crippen molar-refractivity contribution in [2.24, 2.45) is 69.5 Å². The Labute approximate surface area is 404 Å². The van der Waals surface area contributed by atoms with Gasteiger partial charge in [0.25, 0.3) is 0 Å². The molecule has 370 valence electrons. The minimum atomic E-state index is -1.53. The maximum absolute atomic E-state index is 15.9. The van der Waals surface area contributed by atoms with Gasteiger partial charge < -0.3 is 49.3 Å². The van der Waals surface area contributed by atoms with Gasteiger partial charge in [0.15, 0.2) is 17.5 Å². The Balaban J connectivity index is 0.987. The fourth-order valence-corrected chi connectivity index (χ4v) is 19.0. The Bertz CT molecular complexity index is 2480. The Morgan fingerprint density at radius 3 is 2.54 bits per heavy atom. The van der Waals surface area contributed by atoms with Crippen LogP contribution >= 0.6 is 0 Å². The number of furan rings is 1. The average molecular weight is 947 g/mol. The molecule has 5 saturated heterocycles. The number of hydrogen-bond acceptors (Lipinski definition) is 13. The van der Waals surface area contributed by atoms with Crippen molar-refractivity contribution in [1.29, 1.82) is 0 Å². The molecule has 2 aromatic rings. The number of ketones is 1. The van der Waals surface area contributed by atoms with Gasteiger partial charge in [0.05, 0.1) is 48.9 Å². The number of cyclic esters (lactones) is 1. The number of esters is 2. The topological polar surface area (TPSA) is 189 Å². The van der Waals surface area contributed by atoms with Gasteiger partial charge in [-0.2, -0.15) is 0 Å².